The van der Waals surface area contributed by atoms with Gasteiger partial charge in [0.25, 0.3) is 5.91 Å². The first-order chi connectivity index (χ1) is 11.2. The van der Waals surface area contributed by atoms with E-state index in [-0.39, 0.29) is 24.7 Å². The molecule has 6 heteroatoms. The van der Waals surface area contributed by atoms with Crippen LogP contribution in [0.25, 0.3) is 0 Å². The summed E-state index contributed by atoms with van der Waals surface area (Å²) in [5.74, 6) is -0.297. The normalized spacial score (nSPS) is 16.0. The highest BCUT2D eigenvalue weighted by Gasteiger charge is 2.32. The molecular formula is C18H24N2O4. The molecule has 24 heavy (non-hydrogen) atoms. The summed E-state index contributed by atoms with van der Waals surface area (Å²) in [5.41, 5.74) is 0.436. The number of benzene rings is 1. The van der Waals surface area contributed by atoms with Crippen LogP contribution in [0.4, 0.5) is 4.79 Å². The molecule has 1 heterocycles. The fourth-order valence-corrected chi connectivity index (χ4v) is 2.49. The van der Waals surface area contributed by atoms with Crippen LogP contribution in [0.5, 0.6) is 0 Å². The van der Waals surface area contributed by atoms with E-state index in [0.29, 0.717) is 13.0 Å². The van der Waals surface area contributed by atoms with Crippen molar-refractivity contribution < 1.29 is 19.1 Å². The Morgan fingerprint density at radius 1 is 1.25 bits per heavy atom. The molecule has 0 spiro atoms. The predicted molar refractivity (Wildman–Crippen MR) is 89.5 cm³/mol. The molecule has 1 fully saturated rings. The van der Waals surface area contributed by atoms with Crippen molar-refractivity contribution >= 4 is 17.8 Å². The summed E-state index contributed by atoms with van der Waals surface area (Å²) >= 11 is 0. The highest BCUT2D eigenvalue weighted by atomic mass is 16.6. The molecule has 1 aliphatic heterocycles. The third-order valence-electron chi connectivity index (χ3n) is 3.61. The second kappa shape index (κ2) is 7.47. The van der Waals surface area contributed by atoms with E-state index in [9.17, 15) is 14.4 Å². The van der Waals surface area contributed by atoms with Crippen molar-refractivity contribution in [3.63, 3.8) is 0 Å². The summed E-state index contributed by atoms with van der Waals surface area (Å²) in [4.78, 5) is 37.6. The van der Waals surface area contributed by atoms with Crippen molar-refractivity contribution in [2.45, 2.75) is 45.3 Å². The monoisotopic (exact) mass is 332 g/mol. The number of ketones is 1. The number of carbonyl (C=O) groups is 3. The Morgan fingerprint density at radius 3 is 2.46 bits per heavy atom. The molecule has 2 rings (SSSR count). The van der Waals surface area contributed by atoms with Crippen molar-refractivity contribution in [2.24, 2.45) is 0 Å². The largest absolute Gasteiger partial charge is 0.436 e. The average molecular weight is 332 g/mol. The fourth-order valence-electron chi connectivity index (χ4n) is 2.49. The summed E-state index contributed by atoms with van der Waals surface area (Å²) in [5, 5.41) is 2.69. The zero-order valence-electron chi connectivity index (χ0n) is 14.4. The number of amides is 2. The van der Waals surface area contributed by atoms with Gasteiger partial charge in [-0.1, -0.05) is 30.3 Å². The zero-order chi connectivity index (χ0) is 17.7. The van der Waals surface area contributed by atoms with Gasteiger partial charge >= 0.3 is 6.09 Å². The Hall–Kier alpha value is -2.37. The number of Topliss-reactive ketones (excluding diaryl/α,β-unsaturated/α-hetero) is 1. The van der Waals surface area contributed by atoms with Gasteiger partial charge < -0.3 is 15.0 Å². The van der Waals surface area contributed by atoms with E-state index in [1.807, 2.05) is 51.1 Å². The summed E-state index contributed by atoms with van der Waals surface area (Å²) in [6.07, 6.45) is -0.942. The second-order valence-electron chi connectivity index (χ2n) is 7.01. The Bertz CT molecular complexity index is 607. The summed E-state index contributed by atoms with van der Waals surface area (Å²) < 4.78 is 5.39. The third kappa shape index (κ3) is 5.37. The van der Waals surface area contributed by atoms with Gasteiger partial charge in [0, 0.05) is 24.9 Å². The minimum absolute atomic E-state index is 0.0287. The van der Waals surface area contributed by atoms with Gasteiger partial charge in [-0.05, 0) is 26.3 Å². The number of likely N-dealkylation sites (tertiary alicyclic amines) is 1. The maximum absolute atomic E-state index is 12.7. The molecule has 130 valence electrons. The average Bonchev–Trinajstić information content (AvgIpc) is 2.91. The lowest BCUT2D eigenvalue weighted by atomic mass is 10.1. The molecule has 0 aliphatic carbocycles. The Labute approximate surface area is 142 Å². The van der Waals surface area contributed by atoms with Crippen LogP contribution in [0, 0.1) is 0 Å². The highest BCUT2D eigenvalue weighted by molar-refractivity contribution is 5.92. The molecular weight excluding hydrogens is 308 g/mol. The highest BCUT2D eigenvalue weighted by Crippen LogP contribution is 2.14. The Kier molecular flexibility index (Phi) is 5.59. The number of hydrogen-bond acceptors (Lipinski definition) is 4. The van der Waals surface area contributed by atoms with Gasteiger partial charge in [-0.15, -0.1) is 0 Å². The Morgan fingerprint density at radius 2 is 1.92 bits per heavy atom. The lowest BCUT2D eigenvalue weighted by Gasteiger charge is -2.25. The number of ether oxygens (including phenoxy) is 1. The Balaban J connectivity index is 2.10. The topological polar surface area (TPSA) is 75.7 Å². The van der Waals surface area contributed by atoms with Crippen molar-refractivity contribution in [3.05, 3.63) is 35.9 Å². The van der Waals surface area contributed by atoms with Gasteiger partial charge in [0.2, 0.25) is 0 Å². The van der Waals surface area contributed by atoms with E-state index >= 15 is 0 Å². The van der Waals surface area contributed by atoms with Gasteiger partial charge in [-0.3, -0.25) is 9.59 Å². The molecule has 0 bridgehead atoms. The fraction of sp³-hybridized carbons (Fsp3) is 0.500. The molecule has 2 amide bonds. The van der Waals surface area contributed by atoms with Crippen LogP contribution in [0.2, 0.25) is 0 Å². The zero-order valence-corrected chi connectivity index (χ0v) is 14.4. The molecule has 1 aliphatic rings. The van der Waals surface area contributed by atoms with Crippen LogP contribution in [-0.4, -0.2) is 47.4 Å². The number of nitrogens with zero attached hydrogens (tertiary/aromatic N) is 1. The molecule has 0 radical (unpaired) electrons. The minimum Gasteiger partial charge on any atom is -0.436 e. The van der Waals surface area contributed by atoms with E-state index in [0.717, 1.165) is 5.56 Å². The molecule has 1 saturated heterocycles. The van der Waals surface area contributed by atoms with Crippen molar-refractivity contribution in [2.75, 3.05) is 13.1 Å². The molecule has 0 saturated carbocycles. The maximum Gasteiger partial charge on any atom is 0.408 e. The minimum atomic E-state index is -0.944. The van der Waals surface area contributed by atoms with Crippen LogP contribution in [0.15, 0.2) is 30.3 Å². The van der Waals surface area contributed by atoms with Gasteiger partial charge in [0.15, 0.2) is 11.9 Å². The second-order valence-corrected chi connectivity index (χ2v) is 7.01. The molecule has 1 aromatic rings. The first-order valence-corrected chi connectivity index (χ1v) is 8.08. The molecule has 0 aromatic heterocycles. The number of carbonyl (C=O) groups excluding carboxylic acids is 3. The number of hydrogen-bond donors (Lipinski definition) is 1. The van der Waals surface area contributed by atoms with Gasteiger partial charge in [0.05, 0.1) is 6.54 Å². The lowest BCUT2D eigenvalue weighted by molar-refractivity contribution is -0.140. The van der Waals surface area contributed by atoms with Crippen LogP contribution >= 0.6 is 0 Å². The SMILES string of the molecule is CC(C)(C)NC(=O)OC(Cc1ccccc1)C(=O)N1CCC(=O)C1. The van der Waals surface area contributed by atoms with Crippen LogP contribution < -0.4 is 5.32 Å². The van der Waals surface area contributed by atoms with Crippen LogP contribution in [0.1, 0.15) is 32.8 Å². The summed E-state index contributed by atoms with van der Waals surface area (Å²) in [6.45, 7) is 5.98. The lowest BCUT2D eigenvalue weighted by Crippen LogP contribution is -2.47. The van der Waals surface area contributed by atoms with Crippen LogP contribution in [-0.2, 0) is 20.7 Å². The van der Waals surface area contributed by atoms with E-state index in [1.54, 1.807) is 0 Å². The summed E-state index contributed by atoms with van der Waals surface area (Å²) in [7, 11) is 0. The molecule has 1 aromatic carbocycles. The molecule has 6 nitrogen and oxygen atoms in total. The number of nitrogens with one attached hydrogen (secondary N) is 1. The van der Waals surface area contributed by atoms with Crippen LogP contribution in [0.3, 0.4) is 0 Å². The van der Waals surface area contributed by atoms with Gasteiger partial charge in [-0.2, -0.15) is 0 Å². The van der Waals surface area contributed by atoms with E-state index in [2.05, 4.69) is 5.32 Å². The maximum atomic E-state index is 12.7. The molecule has 1 unspecified atom stereocenters. The van der Waals surface area contributed by atoms with E-state index in [1.165, 1.54) is 4.90 Å². The molecule has 1 N–H and O–H groups in total. The number of rotatable bonds is 4. The third-order valence-corrected chi connectivity index (χ3v) is 3.61. The van der Waals surface area contributed by atoms with Crippen molar-refractivity contribution in [3.8, 4) is 0 Å². The van der Waals surface area contributed by atoms with Gasteiger partial charge in [0.1, 0.15) is 0 Å². The van der Waals surface area contributed by atoms with Crippen molar-refractivity contribution in [1.29, 1.82) is 0 Å². The quantitative estimate of drug-likeness (QED) is 0.914. The van der Waals surface area contributed by atoms with Crippen molar-refractivity contribution in [1.82, 2.24) is 10.2 Å². The smallest absolute Gasteiger partial charge is 0.408 e. The first-order valence-electron chi connectivity index (χ1n) is 8.08. The summed E-state index contributed by atoms with van der Waals surface area (Å²) in [6, 6.07) is 9.37. The van der Waals surface area contributed by atoms with E-state index < -0.39 is 17.7 Å². The molecule has 1 atom stereocenters. The van der Waals surface area contributed by atoms with E-state index in [4.69, 9.17) is 4.74 Å². The first kappa shape index (κ1) is 18.0. The number of alkyl carbamates (subject to hydrolysis) is 1. The van der Waals surface area contributed by atoms with Gasteiger partial charge in [-0.25, -0.2) is 4.79 Å². The standard InChI is InChI=1S/C18H24N2O4/c1-18(2,3)19-17(23)24-15(11-13-7-5-4-6-8-13)16(22)20-10-9-14(21)12-20/h4-8,15H,9-12H2,1-3H3,(H,19,23). The predicted octanol–water partition coefficient (Wildman–Crippen LogP) is 1.92.